The van der Waals surface area contributed by atoms with Gasteiger partial charge in [0.1, 0.15) is 12.1 Å². The van der Waals surface area contributed by atoms with Gasteiger partial charge in [0.15, 0.2) is 0 Å². The summed E-state index contributed by atoms with van der Waals surface area (Å²) in [6, 6.07) is 16.3. The number of benzene rings is 2. The molecule has 1 atom stereocenters. The Morgan fingerprint density at radius 2 is 1.54 bits per heavy atom. The fourth-order valence-corrected chi connectivity index (χ4v) is 3.38. The highest BCUT2D eigenvalue weighted by Crippen LogP contribution is 2.44. The Bertz CT molecular complexity index is 1050. The van der Waals surface area contributed by atoms with Crippen molar-refractivity contribution >= 4 is 18.0 Å². The van der Waals surface area contributed by atoms with E-state index in [1.165, 1.54) is 31.2 Å². The van der Waals surface area contributed by atoms with Crippen LogP contribution in [0, 0.1) is 0 Å². The number of rotatable bonds is 6. The standard InChI is InChI=1S/C22H24N2O4.C2HF3O2/c1-22(23,20(25)27-2)12-7-13-24-21(26)28-14-19-17-10-5-3-8-15(17)16-9-4-6-11-18(16)19;3-2(4,5)1(6)7/h3-12,19H,13-14,23H2,1-2H3,(H,24,26);(H,6,7)/b12-7+;/t22-;/m0./s1. The molecule has 0 aliphatic heterocycles. The maximum Gasteiger partial charge on any atom is 0.490 e. The van der Waals surface area contributed by atoms with E-state index in [9.17, 15) is 22.8 Å². The van der Waals surface area contributed by atoms with Crippen LogP contribution >= 0.6 is 0 Å². The number of carboxylic acids is 1. The van der Waals surface area contributed by atoms with Crippen LogP contribution in [0.2, 0.25) is 0 Å². The van der Waals surface area contributed by atoms with Crippen LogP contribution in [-0.2, 0) is 19.1 Å². The summed E-state index contributed by atoms with van der Waals surface area (Å²) >= 11 is 0. The topological polar surface area (TPSA) is 128 Å². The number of nitrogens with one attached hydrogen (secondary N) is 1. The number of methoxy groups -OCH3 is 1. The van der Waals surface area contributed by atoms with Gasteiger partial charge in [0.2, 0.25) is 0 Å². The molecule has 2 aromatic carbocycles. The molecule has 0 unspecified atom stereocenters. The average Bonchev–Trinajstić information content (AvgIpc) is 3.13. The third kappa shape index (κ3) is 7.31. The Morgan fingerprint density at radius 3 is 2.00 bits per heavy atom. The van der Waals surface area contributed by atoms with Gasteiger partial charge >= 0.3 is 24.2 Å². The van der Waals surface area contributed by atoms with Crippen LogP contribution in [-0.4, -0.2) is 55.1 Å². The predicted octanol–water partition coefficient (Wildman–Crippen LogP) is 3.61. The van der Waals surface area contributed by atoms with Gasteiger partial charge in [-0.1, -0.05) is 60.7 Å². The smallest absolute Gasteiger partial charge is 0.475 e. The molecule has 0 heterocycles. The second-order valence-corrected chi connectivity index (χ2v) is 7.69. The van der Waals surface area contributed by atoms with Gasteiger partial charge in [-0.25, -0.2) is 14.4 Å². The first-order valence-corrected chi connectivity index (χ1v) is 10.3. The Kier molecular flexibility index (Phi) is 9.01. The van der Waals surface area contributed by atoms with Crippen molar-refractivity contribution in [2.24, 2.45) is 5.73 Å². The molecular weight excluding hydrogens is 469 g/mol. The number of hydrogen-bond acceptors (Lipinski definition) is 6. The number of nitrogens with two attached hydrogens (primary N) is 1. The molecule has 1 aliphatic carbocycles. The van der Waals surface area contributed by atoms with E-state index in [0.29, 0.717) is 0 Å². The molecule has 188 valence electrons. The van der Waals surface area contributed by atoms with Crippen molar-refractivity contribution in [3.8, 4) is 11.1 Å². The van der Waals surface area contributed by atoms with Crippen LogP contribution in [0.4, 0.5) is 18.0 Å². The maximum absolute atomic E-state index is 12.0. The number of alkyl carbamates (subject to hydrolysis) is 1. The average molecular weight is 494 g/mol. The van der Waals surface area contributed by atoms with Crippen molar-refractivity contribution in [1.29, 1.82) is 0 Å². The lowest BCUT2D eigenvalue weighted by atomic mass is 9.98. The number of halogens is 3. The Hall–Kier alpha value is -3.86. The summed E-state index contributed by atoms with van der Waals surface area (Å²) in [6.45, 7) is 1.98. The molecule has 3 rings (SSSR count). The van der Waals surface area contributed by atoms with E-state index in [1.807, 2.05) is 24.3 Å². The molecule has 4 N–H and O–H groups in total. The molecule has 0 spiro atoms. The van der Waals surface area contributed by atoms with Gasteiger partial charge < -0.3 is 25.6 Å². The lowest BCUT2D eigenvalue weighted by Crippen LogP contribution is -2.43. The minimum atomic E-state index is -5.08. The van der Waals surface area contributed by atoms with Gasteiger partial charge in [-0.05, 0) is 29.2 Å². The number of amides is 1. The van der Waals surface area contributed by atoms with Crippen molar-refractivity contribution in [3.63, 3.8) is 0 Å². The summed E-state index contributed by atoms with van der Waals surface area (Å²) in [6.07, 6.45) is -2.52. The van der Waals surface area contributed by atoms with E-state index in [0.717, 1.165) is 11.1 Å². The van der Waals surface area contributed by atoms with Gasteiger partial charge in [-0.2, -0.15) is 13.2 Å². The number of esters is 1. The third-order valence-corrected chi connectivity index (χ3v) is 5.04. The first kappa shape index (κ1) is 27.4. The lowest BCUT2D eigenvalue weighted by Gasteiger charge is -2.16. The fraction of sp³-hybridized carbons (Fsp3) is 0.292. The number of fused-ring (bicyclic) bond motifs is 3. The summed E-state index contributed by atoms with van der Waals surface area (Å²) in [5.41, 5.74) is 9.26. The third-order valence-electron chi connectivity index (χ3n) is 5.04. The normalized spacial score (nSPS) is 14.1. The lowest BCUT2D eigenvalue weighted by molar-refractivity contribution is -0.192. The van der Waals surface area contributed by atoms with E-state index in [2.05, 4.69) is 34.3 Å². The van der Waals surface area contributed by atoms with E-state index in [-0.39, 0.29) is 19.1 Å². The minimum absolute atomic E-state index is 0.0142. The van der Waals surface area contributed by atoms with Gasteiger partial charge in [0.05, 0.1) is 7.11 Å². The number of carbonyl (C=O) groups is 3. The second kappa shape index (κ2) is 11.5. The largest absolute Gasteiger partial charge is 0.490 e. The molecule has 1 aliphatic rings. The molecule has 1 amide bonds. The van der Waals surface area contributed by atoms with Crippen molar-refractivity contribution < 1.29 is 42.1 Å². The molecule has 0 saturated heterocycles. The van der Waals surface area contributed by atoms with Gasteiger partial charge in [0.25, 0.3) is 0 Å². The number of hydrogen-bond donors (Lipinski definition) is 3. The van der Waals surface area contributed by atoms with Gasteiger partial charge in [-0.15, -0.1) is 0 Å². The highest BCUT2D eigenvalue weighted by atomic mass is 19.4. The number of alkyl halides is 3. The highest BCUT2D eigenvalue weighted by molar-refractivity contribution is 5.82. The van der Waals surface area contributed by atoms with Crippen LogP contribution in [0.5, 0.6) is 0 Å². The van der Waals surface area contributed by atoms with Crippen LogP contribution in [0.15, 0.2) is 60.7 Å². The van der Waals surface area contributed by atoms with Crippen molar-refractivity contribution in [1.82, 2.24) is 5.32 Å². The zero-order chi connectivity index (χ0) is 26.2. The van der Waals surface area contributed by atoms with Crippen LogP contribution < -0.4 is 11.1 Å². The Morgan fingerprint density at radius 1 is 1.06 bits per heavy atom. The molecule has 0 aromatic heterocycles. The highest BCUT2D eigenvalue weighted by Gasteiger charge is 2.38. The number of carbonyl (C=O) groups excluding carboxylic acids is 2. The first-order valence-electron chi connectivity index (χ1n) is 10.3. The summed E-state index contributed by atoms with van der Waals surface area (Å²) in [4.78, 5) is 32.4. The second-order valence-electron chi connectivity index (χ2n) is 7.69. The summed E-state index contributed by atoms with van der Waals surface area (Å²) in [5, 5.41) is 9.75. The molecule has 35 heavy (non-hydrogen) atoms. The SMILES string of the molecule is COC(=O)[C@@](C)(N)/C=C/CNC(=O)OCC1c2ccccc2-c2ccccc21.O=C(O)C(F)(F)F. The zero-order valence-electron chi connectivity index (χ0n) is 19.0. The molecule has 0 bridgehead atoms. The van der Waals surface area contributed by atoms with E-state index < -0.39 is 29.7 Å². The molecule has 2 aromatic rings. The van der Waals surface area contributed by atoms with Crippen molar-refractivity contribution in [2.75, 3.05) is 20.3 Å². The summed E-state index contributed by atoms with van der Waals surface area (Å²) in [7, 11) is 1.27. The van der Waals surface area contributed by atoms with Gasteiger partial charge in [-0.3, -0.25) is 0 Å². The van der Waals surface area contributed by atoms with Crippen LogP contribution in [0.25, 0.3) is 11.1 Å². The predicted molar refractivity (Wildman–Crippen MR) is 121 cm³/mol. The fourth-order valence-electron chi connectivity index (χ4n) is 3.38. The van der Waals surface area contributed by atoms with Gasteiger partial charge in [0, 0.05) is 12.5 Å². The number of aliphatic carboxylic acids is 1. The number of ether oxygens (including phenoxy) is 2. The molecular formula is C24H25F3N2O6. The molecule has 0 fully saturated rings. The monoisotopic (exact) mass is 494 g/mol. The molecule has 0 radical (unpaired) electrons. The Labute approximate surface area is 199 Å². The van der Waals surface area contributed by atoms with E-state index in [4.69, 9.17) is 20.4 Å². The summed E-state index contributed by atoms with van der Waals surface area (Å²) in [5.74, 6) is -3.29. The van der Waals surface area contributed by atoms with E-state index in [1.54, 1.807) is 6.08 Å². The molecule has 8 nitrogen and oxygen atoms in total. The zero-order valence-corrected chi connectivity index (χ0v) is 19.0. The van der Waals surface area contributed by atoms with Crippen LogP contribution in [0.3, 0.4) is 0 Å². The minimum Gasteiger partial charge on any atom is -0.475 e. The maximum atomic E-state index is 12.0. The van der Waals surface area contributed by atoms with Crippen LogP contribution in [0.1, 0.15) is 24.0 Å². The van der Waals surface area contributed by atoms with Crippen molar-refractivity contribution in [3.05, 3.63) is 71.8 Å². The summed E-state index contributed by atoms with van der Waals surface area (Å²) < 4.78 is 41.8. The van der Waals surface area contributed by atoms with Crippen molar-refractivity contribution in [2.45, 2.75) is 24.6 Å². The quantitative estimate of drug-likeness (QED) is 0.414. The molecule has 11 heteroatoms. The Balaban J connectivity index is 0.000000540. The molecule has 0 saturated carbocycles. The number of carboxylic acid groups (broad SMARTS) is 1. The first-order chi connectivity index (χ1) is 16.4. The van der Waals surface area contributed by atoms with E-state index >= 15 is 0 Å².